The van der Waals surface area contributed by atoms with E-state index in [0.717, 1.165) is 65.0 Å². The van der Waals surface area contributed by atoms with Crippen molar-refractivity contribution in [1.82, 2.24) is 34.3 Å². The number of anilines is 1. The average Bonchev–Trinajstić information content (AvgIpc) is 3.63. The summed E-state index contributed by atoms with van der Waals surface area (Å²) in [6.07, 6.45) is 15.2. The van der Waals surface area contributed by atoms with Gasteiger partial charge in [0, 0.05) is 54.6 Å². The van der Waals surface area contributed by atoms with Crippen LogP contribution in [0.25, 0.3) is 22.2 Å². The fraction of sp³-hybridized carbons (Fsp3) is 0.300. The topological polar surface area (TPSA) is 123 Å². The Morgan fingerprint density at radius 1 is 0.976 bits per heavy atom. The second-order valence-corrected chi connectivity index (χ2v) is 11.1. The maximum Gasteiger partial charge on any atom is 0.156 e. The third-order valence-corrected chi connectivity index (χ3v) is 8.27. The second kappa shape index (κ2) is 9.86. The molecule has 10 nitrogen and oxygen atoms in total. The number of nitrogens with zero attached hydrogens (tertiary/aromatic N) is 8. The Hall–Kier alpha value is -4.48. The molecular formula is C30H30FN9O. The Bertz CT molecular complexity index is 1730. The minimum atomic E-state index is -0.837. The molecule has 0 unspecified atom stereocenters. The highest BCUT2D eigenvalue weighted by molar-refractivity contribution is 5.78. The summed E-state index contributed by atoms with van der Waals surface area (Å²) in [5.74, 6) is 1.25. The van der Waals surface area contributed by atoms with E-state index in [4.69, 9.17) is 5.73 Å². The van der Waals surface area contributed by atoms with Crippen molar-refractivity contribution >= 4 is 16.9 Å². The maximum atomic E-state index is 13.4. The van der Waals surface area contributed by atoms with Crippen LogP contribution in [0.5, 0.6) is 0 Å². The quantitative estimate of drug-likeness (QED) is 0.327. The standard InChI is InChI=1S/C30H30FN9O/c1-30(32,22-2-4-24(31)5-3-22)23-14-33-28(34-15-23)19-6-8-38(9-7-19)29-27-10-20(16-40(27)37-18-35-29)21-13-36-39(17-21)25-11-26(41)12-25/h2-6,10,13-18,25-26,41H,7-9,11-12,32H2,1H3/t25?,26?,30-/m0/s1. The average molecular weight is 552 g/mol. The summed E-state index contributed by atoms with van der Waals surface area (Å²) >= 11 is 0. The van der Waals surface area contributed by atoms with E-state index in [1.807, 2.05) is 34.7 Å². The molecule has 1 aliphatic heterocycles. The number of fused-ring (bicyclic) bond motifs is 1. The Kier molecular flexibility index (Phi) is 6.13. The SMILES string of the molecule is C[C@](N)(c1ccc(F)cc1)c1cnc(C2=CCN(c3ncnn4cc(-c5cnn(C6CC(O)C6)c5)cc34)CC2)nc1. The van der Waals surface area contributed by atoms with Gasteiger partial charge in [0.25, 0.3) is 0 Å². The molecule has 41 heavy (non-hydrogen) atoms. The molecule has 5 heterocycles. The number of halogens is 1. The van der Waals surface area contributed by atoms with Crippen molar-refractivity contribution in [3.05, 3.63) is 96.5 Å². The van der Waals surface area contributed by atoms with Crippen LogP contribution in [0.4, 0.5) is 10.2 Å². The molecular weight excluding hydrogens is 521 g/mol. The summed E-state index contributed by atoms with van der Waals surface area (Å²) in [5, 5.41) is 18.6. The first kappa shape index (κ1) is 25.5. The van der Waals surface area contributed by atoms with Crippen molar-refractivity contribution < 1.29 is 9.50 Å². The van der Waals surface area contributed by atoms with Gasteiger partial charge in [0.2, 0.25) is 0 Å². The van der Waals surface area contributed by atoms with Gasteiger partial charge in [0.05, 0.1) is 23.9 Å². The molecule has 0 saturated heterocycles. The summed E-state index contributed by atoms with van der Waals surface area (Å²) in [5.41, 5.74) is 11.3. The maximum absolute atomic E-state index is 13.4. The van der Waals surface area contributed by atoms with E-state index in [0.29, 0.717) is 12.4 Å². The fourth-order valence-electron chi connectivity index (χ4n) is 5.57. The Balaban J connectivity index is 1.08. The normalized spacial score (nSPS) is 20.5. The van der Waals surface area contributed by atoms with E-state index in [1.54, 1.807) is 30.9 Å². The third-order valence-electron chi connectivity index (χ3n) is 8.27. The third kappa shape index (κ3) is 4.66. The molecule has 4 aromatic heterocycles. The summed E-state index contributed by atoms with van der Waals surface area (Å²) < 4.78 is 17.2. The van der Waals surface area contributed by atoms with Crippen molar-refractivity contribution in [3.8, 4) is 11.1 Å². The van der Waals surface area contributed by atoms with Gasteiger partial charge in [-0.1, -0.05) is 18.2 Å². The predicted molar refractivity (Wildman–Crippen MR) is 152 cm³/mol. The van der Waals surface area contributed by atoms with Gasteiger partial charge in [0.1, 0.15) is 17.7 Å². The monoisotopic (exact) mass is 551 g/mol. The van der Waals surface area contributed by atoms with Gasteiger partial charge in [0.15, 0.2) is 11.6 Å². The van der Waals surface area contributed by atoms with Gasteiger partial charge >= 0.3 is 0 Å². The molecule has 11 heteroatoms. The van der Waals surface area contributed by atoms with Crippen LogP contribution < -0.4 is 10.6 Å². The minimum absolute atomic E-state index is 0.220. The number of aromatic nitrogens is 7. The Morgan fingerprint density at radius 3 is 2.46 bits per heavy atom. The molecule has 1 atom stereocenters. The van der Waals surface area contributed by atoms with Gasteiger partial charge < -0.3 is 15.7 Å². The van der Waals surface area contributed by atoms with Crippen LogP contribution in [0.15, 0.2) is 73.7 Å². The van der Waals surface area contributed by atoms with Crippen LogP contribution in [0, 0.1) is 5.82 Å². The minimum Gasteiger partial charge on any atom is -0.393 e. The molecule has 2 aliphatic rings. The first-order valence-electron chi connectivity index (χ1n) is 13.7. The highest BCUT2D eigenvalue weighted by Gasteiger charge is 2.29. The zero-order valence-electron chi connectivity index (χ0n) is 22.6. The second-order valence-electron chi connectivity index (χ2n) is 11.1. The number of hydrogen-bond acceptors (Lipinski definition) is 8. The van der Waals surface area contributed by atoms with Gasteiger partial charge in [-0.2, -0.15) is 10.2 Å². The van der Waals surface area contributed by atoms with E-state index in [1.165, 1.54) is 12.1 Å². The highest BCUT2D eigenvalue weighted by atomic mass is 19.1. The molecule has 0 radical (unpaired) electrons. The lowest BCUT2D eigenvalue weighted by Crippen LogP contribution is -2.34. The van der Waals surface area contributed by atoms with Crippen molar-refractivity contribution in [2.24, 2.45) is 5.73 Å². The highest BCUT2D eigenvalue weighted by Crippen LogP contribution is 2.34. The van der Waals surface area contributed by atoms with E-state index >= 15 is 0 Å². The number of benzene rings is 1. The number of rotatable bonds is 6. The summed E-state index contributed by atoms with van der Waals surface area (Å²) in [4.78, 5) is 16.1. The molecule has 7 rings (SSSR count). The Labute approximate surface area is 236 Å². The Morgan fingerprint density at radius 2 is 1.76 bits per heavy atom. The number of aliphatic hydroxyl groups excluding tert-OH is 1. The molecule has 1 aliphatic carbocycles. The first-order valence-corrected chi connectivity index (χ1v) is 13.7. The molecule has 208 valence electrons. The zero-order chi connectivity index (χ0) is 28.1. The van der Waals surface area contributed by atoms with Crippen molar-refractivity contribution in [3.63, 3.8) is 0 Å². The van der Waals surface area contributed by atoms with Crippen LogP contribution in [0.2, 0.25) is 0 Å². The number of aliphatic hydroxyl groups is 1. The molecule has 0 amide bonds. The van der Waals surface area contributed by atoms with Crippen molar-refractivity contribution in [1.29, 1.82) is 0 Å². The smallest absolute Gasteiger partial charge is 0.156 e. The van der Waals surface area contributed by atoms with Gasteiger partial charge in [-0.15, -0.1) is 0 Å². The predicted octanol–water partition coefficient (Wildman–Crippen LogP) is 3.73. The summed E-state index contributed by atoms with van der Waals surface area (Å²) in [6.45, 7) is 3.30. The number of nitrogens with two attached hydrogens (primary N) is 1. The first-order chi connectivity index (χ1) is 19.8. The molecule has 0 bridgehead atoms. The van der Waals surface area contributed by atoms with E-state index < -0.39 is 5.54 Å². The number of hydrogen-bond donors (Lipinski definition) is 2. The van der Waals surface area contributed by atoms with E-state index in [2.05, 4.69) is 42.2 Å². The van der Waals surface area contributed by atoms with Gasteiger partial charge in [-0.25, -0.2) is 23.9 Å². The van der Waals surface area contributed by atoms with Crippen LogP contribution in [0.3, 0.4) is 0 Å². The van der Waals surface area contributed by atoms with Gasteiger partial charge in [-0.3, -0.25) is 4.68 Å². The molecule has 3 N–H and O–H groups in total. The zero-order valence-corrected chi connectivity index (χ0v) is 22.6. The molecule has 1 aromatic carbocycles. The lowest BCUT2D eigenvalue weighted by molar-refractivity contribution is 0.0434. The van der Waals surface area contributed by atoms with Crippen LogP contribution in [-0.2, 0) is 5.54 Å². The fourth-order valence-corrected chi connectivity index (χ4v) is 5.57. The summed E-state index contributed by atoms with van der Waals surface area (Å²) in [7, 11) is 0. The van der Waals surface area contributed by atoms with Crippen molar-refractivity contribution in [2.75, 3.05) is 18.0 Å². The van der Waals surface area contributed by atoms with E-state index in [9.17, 15) is 9.50 Å². The molecule has 5 aromatic rings. The van der Waals surface area contributed by atoms with Crippen LogP contribution in [0.1, 0.15) is 49.2 Å². The molecule has 1 fully saturated rings. The molecule has 1 saturated carbocycles. The lowest BCUT2D eigenvalue weighted by Gasteiger charge is -2.31. The van der Waals surface area contributed by atoms with E-state index in [-0.39, 0.29) is 18.0 Å². The van der Waals surface area contributed by atoms with Crippen molar-refractivity contribution in [2.45, 2.75) is 43.9 Å². The van der Waals surface area contributed by atoms with Gasteiger partial charge in [-0.05, 0) is 55.5 Å². The summed E-state index contributed by atoms with van der Waals surface area (Å²) in [6, 6.07) is 8.55. The molecule has 0 spiro atoms. The van der Waals surface area contributed by atoms with Crippen LogP contribution >= 0.6 is 0 Å². The largest absolute Gasteiger partial charge is 0.393 e. The lowest BCUT2D eigenvalue weighted by atomic mass is 9.87. The van der Waals surface area contributed by atoms with Crippen LogP contribution in [-0.4, -0.2) is 58.6 Å².